The Kier molecular flexibility index (Phi) is 2.83. The second-order valence-corrected chi connectivity index (χ2v) is 4.72. The molecule has 1 heterocycles. The van der Waals surface area contributed by atoms with E-state index in [2.05, 4.69) is 16.4 Å². The summed E-state index contributed by atoms with van der Waals surface area (Å²) >= 11 is 1.73. The Morgan fingerprint density at radius 3 is 3.00 bits per heavy atom. The molecule has 2 rings (SSSR count). The van der Waals surface area contributed by atoms with Gasteiger partial charge in [0.25, 0.3) is 0 Å². The molecule has 74 valence electrons. The van der Waals surface area contributed by atoms with Gasteiger partial charge in [0.1, 0.15) is 0 Å². The van der Waals surface area contributed by atoms with E-state index in [4.69, 9.17) is 5.26 Å². The van der Waals surface area contributed by atoms with Gasteiger partial charge in [-0.15, -0.1) is 11.3 Å². The van der Waals surface area contributed by atoms with E-state index in [1.807, 2.05) is 6.92 Å². The first-order valence-corrected chi connectivity index (χ1v) is 6.08. The second-order valence-electron chi connectivity index (χ2n) is 3.83. The zero-order valence-corrected chi connectivity index (χ0v) is 9.18. The first kappa shape index (κ1) is 9.67. The van der Waals surface area contributed by atoms with Crippen LogP contribution in [0.1, 0.15) is 55.1 Å². The second kappa shape index (κ2) is 4.10. The molecule has 2 nitrogen and oxygen atoms in total. The third-order valence-electron chi connectivity index (χ3n) is 2.92. The molecule has 0 amide bonds. The Morgan fingerprint density at radius 2 is 2.50 bits per heavy atom. The quantitative estimate of drug-likeness (QED) is 0.759. The number of aromatic nitrogens is 1. The van der Waals surface area contributed by atoms with Gasteiger partial charge in [-0.05, 0) is 19.3 Å². The van der Waals surface area contributed by atoms with Gasteiger partial charge in [-0.1, -0.05) is 13.3 Å². The molecule has 1 aliphatic rings. The van der Waals surface area contributed by atoms with Crippen LogP contribution in [-0.4, -0.2) is 4.98 Å². The summed E-state index contributed by atoms with van der Waals surface area (Å²) in [4.78, 5) is 4.57. The van der Waals surface area contributed by atoms with Gasteiger partial charge in [0.15, 0.2) is 0 Å². The van der Waals surface area contributed by atoms with Crippen LogP contribution in [0.5, 0.6) is 0 Å². The summed E-state index contributed by atoms with van der Waals surface area (Å²) in [5.41, 5.74) is 0.988. The van der Waals surface area contributed by atoms with E-state index >= 15 is 0 Å². The van der Waals surface area contributed by atoms with Gasteiger partial charge in [-0.2, -0.15) is 5.26 Å². The van der Waals surface area contributed by atoms with E-state index in [9.17, 15) is 0 Å². The van der Waals surface area contributed by atoms with Crippen LogP contribution in [0.25, 0.3) is 0 Å². The highest BCUT2D eigenvalue weighted by Gasteiger charge is 2.23. The lowest BCUT2D eigenvalue weighted by molar-refractivity contribution is 0.417. The maximum atomic E-state index is 8.91. The van der Waals surface area contributed by atoms with E-state index < -0.39 is 0 Å². The molecule has 0 saturated heterocycles. The van der Waals surface area contributed by atoms with Crippen molar-refractivity contribution in [2.45, 2.75) is 44.4 Å². The zero-order valence-electron chi connectivity index (χ0n) is 8.36. The van der Waals surface area contributed by atoms with Crippen LogP contribution in [0, 0.1) is 11.3 Å². The topological polar surface area (TPSA) is 36.7 Å². The monoisotopic (exact) mass is 206 g/mol. The fourth-order valence-corrected chi connectivity index (χ4v) is 2.71. The van der Waals surface area contributed by atoms with Gasteiger partial charge in [-0.3, -0.25) is 0 Å². The van der Waals surface area contributed by atoms with E-state index in [0.29, 0.717) is 5.92 Å². The van der Waals surface area contributed by atoms with Crippen molar-refractivity contribution in [3.63, 3.8) is 0 Å². The molecule has 1 aromatic rings. The number of nitriles is 1. The lowest BCUT2D eigenvalue weighted by Crippen LogP contribution is -2.08. The van der Waals surface area contributed by atoms with Crippen LogP contribution in [0.15, 0.2) is 5.38 Å². The molecule has 1 saturated carbocycles. The molecular formula is C11H14N2S. The third-order valence-corrected chi connectivity index (χ3v) is 3.94. The number of hydrogen-bond donors (Lipinski definition) is 0. The Labute approximate surface area is 88.6 Å². The third kappa shape index (κ3) is 1.67. The van der Waals surface area contributed by atoms with E-state index in [-0.39, 0.29) is 5.92 Å². The summed E-state index contributed by atoms with van der Waals surface area (Å²) in [6.07, 6.45) is 4.78. The van der Waals surface area contributed by atoms with Crippen molar-refractivity contribution in [2.24, 2.45) is 0 Å². The smallest absolute Gasteiger partial charge is 0.0959 e. The van der Waals surface area contributed by atoms with Crippen molar-refractivity contribution < 1.29 is 0 Å². The highest BCUT2D eigenvalue weighted by molar-refractivity contribution is 7.09. The van der Waals surface area contributed by atoms with E-state index in [0.717, 1.165) is 12.1 Å². The highest BCUT2D eigenvalue weighted by atomic mass is 32.1. The van der Waals surface area contributed by atoms with Crippen molar-refractivity contribution in [1.82, 2.24) is 4.98 Å². The van der Waals surface area contributed by atoms with Gasteiger partial charge in [0.05, 0.1) is 22.7 Å². The number of hydrogen-bond acceptors (Lipinski definition) is 3. The van der Waals surface area contributed by atoms with Crippen molar-refractivity contribution in [3.05, 3.63) is 16.1 Å². The SMILES string of the molecule is CCC(C#N)c1csc(C2CCC2)n1. The molecule has 1 aromatic heterocycles. The van der Waals surface area contributed by atoms with Gasteiger partial charge in [0.2, 0.25) is 0 Å². The largest absolute Gasteiger partial charge is 0.245 e. The van der Waals surface area contributed by atoms with E-state index in [1.165, 1.54) is 24.3 Å². The molecule has 1 unspecified atom stereocenters. The van der Waals surface area contributed by atoms with Crippen molar-refractivity contribution in [1.29, 1.82) is 5.26 Å². The minimum absolute atomic E-state index is 0.0000709. The molecule has 0 aliphatic heterocycles. The number of thiazole rings is 1. The van der Waals surface area contributed by atoms with Gasteiger partial charge in [-0.25, -0.2) is 4.98 Å². The fraction of sp³-hybridized carbons (Fsp3) is 0.636. The average molecular weight is 206 g/mol. The van der Waals surface area contributed by atoms with Crippen LogP contribution < -0.4 is 0 Å². The van der Waals surface area contributed by atoms with Crippen LogP contribution in [0.4, 0.5) is 0 Å². The zero-order chi connectivity index (χ0) is 9.97. The van der Waals surface area contributed by atoms with Crippen molar-refractivity contribution in [3.8, 4) is 6.07 Å². The molecule has 14 heavy (non-hydrogen) atoms. The maximum Gasteiger partial charge on any atom is 0.0959 e. The first-order valence-electron chi connectivity index (χ1n) is 5.20. The minimum atomic E-state index is 0.0000709. The van der Waals surface area contributed by atoms with Gasteiger partial charge < -0.3 is 0 Å². The molecule has 1 atom stereocenters. The lowest BCUT2D eigenvalue weighted by atomic mass is 9.86. The summed E-state index contributed by atoms with van der Waals surface area (Å²) in [5, 5.41) is 12.2. The Bertz CT molecular complexity index is 346. The summed E-state index contributed by atoms with van der Waals surface area (Å²) in [5.74, 6) is 0.699. The molecule has 1 fully saturated rings. The van der Waals surface area contributed by atoms with Crippen LogP contribution >= 0.6 is 11.3 Å². The predicted octanol–water partition coefficient (Wildman–Crippen LogP) is 3.43. The predicted molar refractivity (Wildman–Crippen MR) is 57.4 cm³/mol. The maximum absolute atomic E-state index is 8.91. The summed E-state index contributed by atoms with van der Waals surface area (Å²) in [6.45, 7) is 2.04. The lowest BCUT2D eigenvalue weighted by Gasteiger charge is -2.22. The Morgan fingerprint density at radius 1 is 1.71 bits per heavy atom. The molecule has 0 N–H and O–H groups in total. The van der Waals surface area contributed by atoms with Crippen molar-refractivity contribution >= 4 is 11.3 Å². The van der Waals surface area contributed by atoms with Crippen molar-refractivity contribution in [2.75, 3.05) is 0 Å². The standard InChI is InChI=1S/C11H14N2S/c1-2-8(6-12)10-7-14-11(13-10)9-4-3-5-9/h7-9H,2-5H2,1H3. The summed E-state index contributed by atoms with van der Waals surface area (Å²) < 4.78 is 0. The number of nitrogens with zero attached hydrogens (tertiary/aromatic N) is 2. The first-order chi connectivity index (χ1) is 6.85. The molecule has 0 aromatic carbocycles. The minimum Gasteiger partial charge on any atom is -0.245 e. The van der Waals surface area contributed by atoms with Crippen LogP contribution in [-0.2, 0) is 0 Å². The van der Waals surface area contributed by atoms with Gasteiger partial charge in [0, 0.05) is 11.3 Å². The fourth-order valence-electron chi connectivity index (χ4n) is 1.67. The average Bonchev–Trinajstić information content (AvgIpc) is 2.53. The molecular weight excluding hydrogens is 192 g/mol. The van der Waals surface area contributed by atoms with Gasteiger partial charge >= 0.3 is 0 Å². The molecule has 0 radical (unpaired) electrons. The summed E-state index contributed by atoms with van der Waals surface area (Å²) in [6, 6.07) is 2.30. The van der Waals surface area contributed by atoms with Crippen LogP contribution in [0.3, 0.4) is 0 Å². The molecule has 3 heteroatoms. The number of rotatable bonds is 3. The molecule has 1 aliphatic carbocycles. The molecule has 0 spiro atoms. The normalized spacial score (nSPS) is 18.6. The molecule has 0 bridgehead atoms. The Balaban J connectivity index is 2.12. The van der Waals surface area contributed by atoms with Crippen LogP contribution in [0.2, 0.25) is 0 Å². The highest BCUT2D eigenvalue weighted by Crippen LogP contribution is 2.38. The van der Waals surface area contributed by atoms with E-state index in [1.54, 1.807) is 11.3 Å². The summed E-state index contributed by atoms with van der Waals surface area (Å²) in [7, 11) is 0. The Hall–Kier alpha value is -0.880.